The zero-order valence-electron chi connectivity index (χ0n) is 11.3. The molecule has 1 aromatic heterocycles. The molecule has 0 bridgehead atoms. The van der Waals surface area contributed by atoms with Gasteiger partial charge in [0.05, 0.1) is 23.6 Å². The van der Waals surface area contributed by atoms with Crippen LogP contribution in [-0.4, -0.2) is 15.0 Å². The average Bonchev–Trinajstić information content (AvgIpc) is 2.97. The number of nitrogens with two attached hydrogens (primary N) is 1. The van der Waals surface area contributed by atoms with Crippen LogP contribution in [0.15, 0.2) is 60.8 Å². The van der Waals surface area contributed by atoms with Gasteiger partial charge in [-0.15, -0.1) is 5.10 Å². The van der Waals surface area contributed by atoms with Crippen molar-refractivity contribution < 1.29 is 0 Å². The second-order valence-electron chi connectivity index (χ2n) is 4.79. The minimum atomic E-state index is -0.245. The van der Waals surface area contributed by atoms with Crippen LogP contribution in [0.4, 0.5) is 0 Å². The third-order valence-electron chi connectivity index (χ3n) is 3.33. The zero-order chi connectivity index (χ0) is 13.9. The van der Waals surface area contributed by atoms with Gasteiger partial charge >= 0.3 is 0 Å². The number of rotatable bonds is 3. The Morgan fingerprint density at radius 2 is 1.70 bits per heavy atom. The van der Waals surface area contributed by atoms with Crippen LogP contribution in [-0.2, 0) is 0 Å². The molecule has 2 aromatic carbocycles. The van der Waals surface area contributed by atoms with E-state index in [1.54, 1.807) is 10.9 Å². The van der Waals surface area contributed by atoms with E-state index < -0.39 is 0 Å². The lowest BCUT2D eigenvalue weighted by Crippen LogP contribution is -2.16. The molecule has 3 rings (SSSR count). The van der Waals surface area contributed by atoms with Crippen LogP contribution in [0.25, 0.3) is 5.69 Å². The molecule has 2 N–H and O–H groups in total. The smallest absolute Gasteiger partial charge is 0.0858 e. The summed E-state index contributed by atoms with van der Waals surface area (Å²) in [5, 5.41) is 8.13. The number of para-hydroxylation sites is 1. The number of hydrogen-bond acceptors (Lipinski definition) is 3. The fourth-order valence-corrected chi connectivity index (χ4v) is 2.17. The van der Waals surface area contributed by atoms with Gasteiger partial charge in [-0.25, -0.2) is 4.68 Å². The summed E-state index contributed by atoms with van der Waals surface area (Å²) in [7, 11) is 0. The van der Waals surface area contributed by atoms with Crippen molar-refractivity contribution >= 4 is 0 Å². The van der Waals surface area contributed by atoms with E-state index in [4.69, 9.17) is 5.73 Å². The van der Waals surface area contributed by atoms with Crippen molar-refractivity contribution in [2.45, 2.75) is 13.0 Å². The number of aromatic nitrogens is 3. The van der Waals surface area contributed by atoms with E-state index in [-0.39, 0.29) is 6.04 Å². The van der Waals surface area contributed by atoms with Crippen LogP contribution in [0.1, 0.15) is 22.9 Å². The molecule has 0 saturated heterocycles. The highest BCUT2D eigenvalue weighted by Gasteiger charge is 2.15. The fraction of sp³-hybridized carbons (Fsp3) is 0.125. The van der Waals surface area contributed by atoms with Crippen molar-refractivity contribution in [2.24, 2.45) is 5.73 Å². The molecule has 0 aliphatic heterocycles. The Hall–Kier alpha value is -2.46. The number of hydrogen-bond donors (Lipinski definition) is 1. The Balaban J connectivity index is 1.99. The van der Waals surface area contributed by atoms with Crippen molar-refractivity contribution in [2.75, 3.05) is 0 Å². The summed E-state index contributed by atoms with van der Waals surface area (Å²) in [4.78, 5) is 0. The lowest BCUT2D eigenvalue weighted by Gasteiger charge is -2.14. The minimum absolute atomic E-state index is 0.245. The standard InChI is InChI=1S/C16H16N4/c1-12-7-9-13(10-8-12)16(17)15-11-18-19-20(15)14-5-3-2-4-6-14/h2-11,16H,17H2,1H3. The van der Waals surface area contributed by atoms with Gasteiger partial charge in [-0.1, -0.05) is 53.2 Å². The highest BCUT2D eigenvalue weighted by atomic mass is 15.4. The molecule has 0 aliphatic carbocycles. The van der Waals surface area contributed by atoms with Crippen LogP contribution < -0.4 is 5.73 Å². The van der Waals surface area contributed by atoms with Gasteiger partial charge in [0.25, 0.3) is 0 Å². The normalized spacial score (nSPS) is 12.3. The van der Waals surface area contributed by atoms with E-state index in [1.807, 2.05) is 42.5 Å². The summed E-state index contributed by atoms with van der Waals surface area (Å²) >= 11 is 0. The van der Waals surface area contributed by atoms with E-state index in [2.05, 4.69) is 29.4 Å². The van der Waals surface area contributed by atoms with E-state index >= 15 is 0 Å². The molecule has 0 saturated carbocycles. The minimum Gasteiger partial charge on any atom is -0.319 e. The number of aryl methyl sites for hydroxylation is 1. The molecule has 1 unspecified atom stereocenters. The van der Waals surface area contributed by atoms with Gasteiger partial charge in [-0.05, 0) is 24.6 Å². The summed E-state index contributed by atoms with van der Waals surface area (Å²) in [5.74, 6) is 0. The van der Waals surface area contributed by atoms with Crippen molar-refractivity contribution in [1.29, 1.82) is 0 Å². The molecular weight excluding hydrogens is 248 g/mol. The lowest BCUT2D eigenvalue weighted by atomic mass is 10.0. The Labute approximate surface area is 117 Å². The Morgan fingerprint density at radius 3 is 2.40 bits per heavy atom. The van der Waals surface area contributed by atoms with Crippen LogP contribution in [0, 0.1) is 6.92 Å². The molecule has 0 aliphatic rings. The molecule has 0 spiro atoms. The van der Waals surface area contributed by atoms with Gasteiger partial charge in [0.15, 0.2) is 0 Å². The molecule has 100 valence electrons. The second kappa shape index (κ2) is 5.27. The highest BCUT2D eigenvalue weighted by molar-refractivity contribution is 5.35. The SMILES string of the molecule is Cc1ccc(C(N)c2cnnn2-c2ccccc2)cc1. The number of benzene rings is 2. The third kappa shape index (κ3) is 2.33. The number of nitrogens with zero attached hydrogens (tertiary/aromatic N) is 3. The van der Waals surface area contributed by atoms with Crippen molar-refractivity contribution in [3.8, 4) is 5.69 Å². The second-order valence-corrected chi connectivity index (χ2v) is 4.79. The molecule has 0 amide bonds. The molecule has 0 radical (unpaired) electrons. The van der Waals surface area contributed by atoms with E-state index in [0.29, 0.717) is 0 Å². The zero-order valence-corrected chi connectivity index (χ0v) is 11.3. The first kappa shape index (κ1) is 12.6. The van der Waals surface area contributed by atoms with Gasteiger partial charge in [-0.2, -0.15) is 0 Å². The lowest BCUT2D eigenvalue weighted by molar-refractivity contribution is 0.719. The van der Waals surface area contributed by atoms with Crippen molar-refractivity contribution in [3.63, 3.8) is 0 Å². The van der Waals surface area contributed by atoms with Gasteiger partial charge in [-0.3, -0.25) is 0 Å². The molecule has 1 atom stereocenters. The van der Waals surface area contributed by atoms with Crippen LogP contribution in [0.2, 0.25) is 0 Å². The van der Waals surface area contributed by atoms with E-state index in [1.165, 1.54) is 5.56 Å². The Bertz CT molecular complexity index is 686. The van der Waals surface area contributed by atoms with Gasteiger partial charge in [0, 0.05) is 0 Å². The maximum Gasteiger partial charge on any atom is 0.0858 e. The third-order valence-corrected chi connectivity index (χ3v) is 3.33. The quantitative estimate of drug-likeness (QED) is 0.791. The molecule has 20 heavy (non-hydrogen) atoms. The van der Waals surface area contributed by atoms with E-state index in [0.717, 1.165) is 16.9 Å². The summed E-state index contributed by atoms with van der Waals surface area (Å²) in [6.45, 7) is 2.06. The van der Waals surface area contributed by atoms with Crippen molar-refractivity contribution in [1.82, 2.24) is 15.0 Å². The molecule has 3 aromatic rings. The van der Waals surface area contributed by atoms with Gasteiger partial charge < -0.3 is 5.73 Å². The highest BCUT2D eigenvalue weighted by Crippen LogP contribution is 2.21. The van der Waals surface area contributed by atoms with Gasteiger partial charge in [0.2, 0.25) is 0 Å². The Kier molecular flexibility index (Phi) is 3.31. The average molecular weight is 264 g/mol. The maximum absolute atomic E-state index is 6.35. The maximum atomic E-state index is 6.35. The fourth-order valence-electron chi connectivity index (χ4n) is 2.17. The first-order valence-corrected chi connectivity index (χ1v) is 6.54. The molecule has 1 heterocycles. The molecular formula is C16H16N4. The Morgan fingerprint density at radius 1 is 1.00 bits per heavy atom. The molecule has 4 heteroatoms. The van der Waals surface area contributed by atoms with Crippen LogP contribution in [0.5, 0.6) is 0 Å². The predicted molar refractivity (Wildman–Crippen MR) is 78.6 cm³/mol. The first-order chi connectivity index (χ1) is 9.75. The first-order valence-electron chi connectivity index (χ1n) is 6.54. The van der Waals surface area contributed by atoms with Crippen molar-refractivity contribution in [3.05, 3.63) is 77.6 Å². The predicted octanol–water partition coefficient (Wildman–Crippen LogP) is 2.62. The van der Waals surface area contributed by atoms with Crippen LogP contribution in [0.3, 0.4) is 0 Å². The van der Waals surface area contributed by atoms with E-state index in [9.17, 15) is 0 Å². The summed E-state index contributed by atoms with van der Waals surface area (Å²) in [6, 6.07) is 17.9. The summed E-state index contributed by atoms with van der Waals surface area (Å²) in [6.07, 6.45) is 1.72. The van der Waals surface area contributed by atoms with Crippen LogP contribution >= 0.6 is 0 Å². The summed E-state index contributed by atoms with van der Waals surface area (Å²) < 4.78 is 1.78. The molecule has 4 nitrogen and oxygen atoms in total. The monoisotopic (exact) mass is 264 g/mol. The van der Waals surface area contributed by atoms with Gasteiger partial charge in [0.1, 0.15) is 0 Å². The topological polar surface area (TPSA) is 56.7 Å². The largest absolute Gasteiger partial charge is 0.319 e. The molecule has 0 fully saturated rings. The summed E-state index contributed by atoms with van der Waals surface area (Å²) in [5.41, 5.74) is 10.5.